The van der Waals surface area contributed by atoms with E-state index >= 15 is 0 Å². The molecule has 2 N–H and O–H groups in total. The number of halogens is 1. The van der Waals surface area contributed by atoms with Crippen LogP contribution in [0, 0.1) is 6.92 Å². The van der Waals surface area contributed by atoms with E-state index in [0.717, 1.165) is 10.0 Å². The molecule has 0 aliphatic rings. The van der Waals surface area contributed by atoms with E-state index in [-0.39, 0.29) is 11.4 Å². The first-order valence-corrected chi connectivity index (χ1v) is 5.57. The molecule has 0 unspecified atom stereocenters. The number of carbonyl (C=O) groups is 1. The van der Waals surface area contributed by atoms with Crippen molar-refractivity contribution in [1.29, 1.82) is 0 Å². The largest absolute Gasteiger partial charge is 0.504 e. The van der Waals surface area contributed by atoms with Gasteiger partial charge in [-0.15, -0.1) is 0 Å². The van der Waals surface area contributed by atoms with Crippen molar-refractivity contribution in [3.05, 3.63) is 40.1 Å². The van der Waals surface area contributed by atoms with Gasteiger partial charge in [0.05, 0.1) is 11.9 Å². The number of aryl methyl sites for hydroxylation is 1. The fourth-order valence-corrected chi connectivity index (χ4v) is 1.74. The number of aromatic nitrogens is 2. The Morgan fingerprint density at radius 3 is 2.71 bits per heavy atom. The second-order valence-corrected chi connectivity index (χ2v) is 4.40. The second kappa shape index (κ2) is 4.21. The van der Waals surface area contributed by atoms with Crippen LogP contribution >= 0.6 is 15.9 Å². The molecule has 1 aromatic heterocycles. The van der Waals surface area contributed by atoms with Gasteiger partial charge >= 0.3 is 5.97 Å². The van der Waals surface area contributed by atoms with Gasteiger partial charge < -0.3 is 10.2 Å². The number of benzene rings is 1. The smallest absolute Gasteiger partial charge is 0.360 e. The van der Waals surface area contributed by atoms with Crippen molar-refractivity contribution in [3.63, 3.8) is 0 Å². The zero-order valence-corrected chi connectivity index (χ0v) is 10.5. The van der Waals surface area contributed by atoms with E-state index in [1.807, 2.05) is 13.0 Å². The minimum absolute atomic E-state index is 0.353. The number of carboxylic acid groups (broad SMARTS) is 1. The van der Waals surface area contributed by atoms with Crippen LogP contribution in [0.1, 0.15) is 16.1 Å². The Labute approximate surface area is 105 Å². The molecular formula is C11H9BrN2O3. The Morgan fingerprint density at radius 2 is 2.18 bits per heavy atom. The molecule has 0 amide bonds. The van der Waals surface area contributed by atoms with Gasteiger partial charge in [0.1, 0.15) is 0 Å². The number of hydrogen-bond donors (Lipinski definition) is 2. The average Bonchev–Trinajstić information content (AvgIpc) is 2.64. The molecule has 0 bridgehead atoms. The predicted octanol–water partition coefficient (Wildman–Crippen LogP) is 2.35. The first kappa shape index (κ1) is 11.7. The lowest BCUT2D eigenvalue weighted by Gasteiger charge is -2.03. The van der Waals surface area contributed by atoms with Crippen molar-refractivity contribution >= 4 is 21.9 Å². The second-order valence-electron chi connectivity index (χ2n) is 3.55. The summed E-state index contributed by atoms with van der Waals surface area (Å²) >= 11 is 3.38. The van der Waals surface area contributed by atoms with Crippen LogP contribution in [0.5, 0.6) is 5.75 Å². The van der Waals surface area contributed by atoms with Gasteiger partial charge in [-0.2, -0.15) is 5.10 Å². The van der Waals surface area contributed by atoms with Gasteiger partial charge in [-0.05, 0) is 24.6 Å². The normalized spacial score (nSPS) is 10.5. The maximum Gasteiger partial charge on any atom is 0.360 e. The molecule has 88 valence electrons. The van der Waals surface area contributed by atoms with E-state index in [1.54, 1.807) is 12.1 Å². The number of aromatic hydroxyl groups is 1. The molecule has 2 rings (SSSR count). The monoisotopic (exact) mass is 296 g/mol. The van der Waals surface area contributed by atoms with Crippen molar-refractivity contribution in [2.45, 2.75) is 6.92 Å². The molecule has 17 heavy (non-hydrogen) atoms. The van der Waals surface area contributed by atoms with Crippen LogP contribution in [-0.2, 0) is 0 Å². The fraction of sp³-hybridized carbons (Fsp3) is 0.0909. The Kier molecular flexibility index (Phi) is 2.89. The van der Waals surface area contributed by atoms with Crippen molar-refractivity contribution in [2.75, 3.05) is 0 Å². The van der Waals surface area contributed by atoms with Crippen molar-refractivity contribution in [3.8, 4) is 11.4 Å². The van der Waals surface area contributed by atoms with Crippen LogP contribution in [0.2, 0.25) is 0 Å². The molecule has 0 saturated heterocycles. The lowest BCUT2D eigenvalue weighted by Crippen LogP contribution is -2.01. The summed E-state index contributed by atoms with van der Waals surface area (Å²) in [4.78, 5) is 10.7. The van der Waals surface area contributed by atoms with Gasteiger partial charge in [-0.25, -0.2) is 9.48 Å². The number of nitrogens with zero attached hydrogens (tertiary/aromatic N) is 2. The van der Waals surface area contributed by atoms with Crippen LogP contribution in [0.25, 0.3) is 5.69 Å². The lowest BCUT2D eigenvalue weighted by atomic mass is 10.2. The Bertz CT molecular complexity index is 592. The quantitative estimate of drug-likeness (QED) is 0.892. The highest BCUT2D eigenvalue weighted by Crippen LogP contribution is 2.22. The summed E-state index contributed by atoms with van der Waals surface area (Å²) in [5.74, 6) is -1.61. The summed E-state index contributed by atoms with van der Waals surface area (Å²) in [7, 11) is 0. The maximum atomic E-state index is 10.7. The summed E-state index contributed by atoms with van der Waals surface area (Å²) in [6.07, 6.45) is 1.26. The SMILES string of the molecule is Cc1ccc(-n2cc(O)c(C(=O)O)n2)cc1Br. The Hall–Kier alpha value is -1.82. The summed E-state index contributed by atoms with van der Waals surface area (Å²) in [6, 6.07) is 5.46. The first-order valence-electron chi connectivity index (χ1n) is 4.77. The van der Waals surface area contributed by atoms with Gasteiger partial charge in [0, 0.05) is 4.47 Å². The predicted molar refractivity (Wildman–Crippen MR) is 64.6 cm³/mol. The third kappa shape index (κ3) is 2.16. The number of carboxylic acids is 1. The fourth-order valence-electron chi connectivity index (χ4n) is 1.37. The van der Waals surface area contributed by atoms with Gasteiger partial charge in [-0.1, -0.05) is 22.0 Å². The third-order valence-electron chi connectivity index (χ3n) is 2.32. The van der Waals surface area contributed by atoms with Gasteiger partial charge in [0.2, 0.25) is 5.69 Å². The van der Waals surface area contributed by atoms with Crippen molar-refractivity contribution in [2.24, 2.45) is 0 Å². The van der Waals surface area contributed by atoms with E-state index in [2.05, 4.69) is 21.0 Å². The van der Waals surface area contributed by atoms with Crippen LogP contribution < -0.4 is 0 Å². The summed E-state index contributed by atoms with van der Waals surface area (Å²) in [5, 5.41) is 22.0. The van der Waals surface area contributed by atoms with Crippen LogP contribution in [0.15, 0.2) is 28.9 Å². The van der Waals surface area contributed by atoms with E-state index in [1.165, 1.54) is 10.9 Å². The van der Waals surface area contributed by atoms with E-state index in [4.69, 9.17) is 5.11 Å². The number of hydrogen-bond acceptors (Lipinski definition) is 3. The minimum Gasteiger partial charge on any atom is -0.504 e. The van der Waals surface area contributed by atoms with Crippen LogP contribution in [0.4, 0.5) is 0 Å². The topological polar surface area (TPSA) is 75.4 Å². The van der Waals surface area contributed by atoms with Crippen molar-refractivity contribution < 1.29 is 15.0 Å². The van der Waals surface area contributed by atoms with Crippen molar-refractivity contribution in [1.82, 2.24) is 9.78 Å². The standard InChI is InChI=1S/C11H9BrN2O3/c1-6-2-3-7(4-8(6)12)14-5-9(15)10(13-14)11(16)17/h2-5,15H,1H3,(H,16,17). The maximum absolute atomic E-state index is 10.7. The lowest BCUT2D eigenvalue weighted by molar-refractivity contribution is 0.0687. The van der Waals surface area contributed by atoms with E-state index in [9.17, 15) is 9.90 Å². The summed E-state index contributed by atoms with van der Waals surface area (Å²) in [6.45, 7) is 1.94. The average molecular weight is 297 g/mol. The molecule has 0 radical (unpaired) electrons. The molecule has 2 aromatic rings. The minimum atomic E-state index is -1.26. The molecule has 0 atom stereocenters. The molecule has 0 aliphatic carbocycles. The third-order valence-corrected chi connectivity index (χ3v) is 3.17. The first-order chi connectivity index (χ1) is 7.99. The molecule has 5 nitrogen and oxygen atoms in total. The molecule has 1 aromatic carbocycles. The number of aromatic carboxylic acids is 1. The Morgan fingerprint density at radius 1 is 1.47 bits per heavy atom. The zero-order valence-electron chi connectivity index (χ0n) is 8.88. The van der Waals surface area contributed by atoms with Gasteiger partial charge in [0.15, 0.2) is 5.75 Å². The van der Waals surface area contributed by atoms with Gasteiger partial charge in [-0.3, -0.25) is 0 Å². The van der Waals surface area contributed by atoms with Gasteiger partial charge in [0.25, 0.3) is 0 Å². The summed E-state index contributed by atoms with van der Waals surface area (Å²) in [5.41, 5.74) is 1.37. The van der Waals surface area contributed by atoms with E-state index < -0.39 is 5.97 Å². The molecule has 0 fully saturated rings. The Balaban J connectivity index is 2.50. The highest BCUT2D eigenvalue weighted by Gasteiger charge is 2.15. The molecule has 0 spiro atoms. The molecule has 0 saturated carbocycles. The molecule has 6 heteroatoms. The van der Waals surface area contributed by atoms with Crippen LogP contribution in [-0.4, -0.2) is 26.0 Å². The van der Waals surface area contributed by atoms with Crippen LogP contribution in [0.3, 0.4) is 0 Å². The highest BCUT2D eigenvalue weighted by atomic mass is 79.9. The summed E-state index contributed by atoms with van der Waals surface area (Å²) < 4.78 is 2.21. The highest BCUT2D eigenvalue weighted by molar-refractivity contribution is 9.10. The number of rotatable bonds is 2. The van der Waals surface area contributed by atoms with E-state index in [0.29, 0.717) is 5.69 Å². The molecular weight excluding hydrogens is 288 g/mol. The molecule has 1 heterocycles. The zero-order chi connectivity index (χ0) is 12.6. The molecule has 0 aliphatic heterocycles.